The van der Waals surface area contributed by atoms with Crippen molar-refractivity contribution in [1.29, 1.82) is 0 Å². The molecular weight excluding hydrogens is 318 g/mol. The van der Waals surface area contributed by atoms with Gasteiger partial charge >= 0.3 is 0 Å². The van der Waals surface area contributed by atoms with Crippen molar-refractivity contribution in [2.24, 2.45) is 5.10 Å². The van der Waals surface area contributed by atoms with Gasteiger partial charge in [-0.25, -0.2) is 0 Å². The first kappa shape index (κ1) is 16.6. The average Bonchev–Trinajstić information content (AvgIpc) is 2.63. The molecule has 0 saturated heterocycles. The predicted octanol–water partition coefficient (Wildman–Crippen LogP) is 3.74. The Morgan fingerprint density at radius 3 is 2.44 bits per heavy atom. The number of allylic oxidation sites excluding steroid dienone is 2. The highest BCUT2D eigenvalue weighted by Gasteiger charge is 2.25. The molecule has 2 N–H and O–H groups in total. The third-order valence-corrected chi connectivity index (χ3v) is 3.94. The minimum atomic E-state index is -0.957. The summed E-state index contributed by atoms with van der Waals surface area (Å²) >= 11 is 0. The number of nitro benzene ring substituents is 1. The Morgan fingerprint density at radius 2 is 1.84 bits per heavy atom. The van der Waals surface area contributed by atoms with E-state index in [4.69, 9.17) is 0 Å². The van der Waals surface area contributed by atoms with E-state index >= 15 is 0 Å². The largest absolute Gasteiger partial charge is 0.381 e. The molecule has 25 heavy (non-hydrogen) atoms. The van der Waals surface area contributed by atoms with Crippen molar-refractivity contribution < 1.29 is 10.0 Å². The fraction of sp³-hybridized carbons (Fsp3) is 0.105. The van der Waals surface area contributed by atoms with Crippen molar-refractivity contribution in [1.82, 2.24) is 0 Å². The highest BCUT2D eigenvalue weighted by molar-refractivity contribution is 5.80. The minimum absolute atomic E-state index is 0.0367. The molecule has 6 nitrogen and oxygen atoms in total. The summed E-state index contributed by atoms with van der Waals surface area (Å²) < 4.78 is 0. The molecule has 2 aromatic carbocycles. The van der Waals surface area contributed by atoms with Crippen LogP contribution in [0.25, 0.3) is 0 Å². The third-order valence-electron chi connectivity index (χ3n) is 3.94. The minimum Gasteiger partial charge on any atom is -0.381 e. The van der Waals surface area contributed by atoms with Gasteiger partial charge in [0, 0.05) is 18.6 Å². The molecule has 6 heteroatoms. The van der Waals surface area contributed by atoms with Crippen LogP contribution in [-0.2, 0) is 5.60 Å². The lowest BCUT2D eigenvalue weighted by atomic mass is 9.87. The van der Waals surface area contributed by atoms with Crippen LogP contribution in [0.1, 0.15) is 17.5 Å². The van der Waals surface area contributed by atoms with E-state index in [0.29, 0.717) is 12.1 Å². The second-order valence-corrected chi connectivity index (χ2v) is 5.71. The van der Waals surface area contributed by atoms with Gasteiger partial charge in [-0.1, -0.05) is 42.5 Å². The second-order valence-electron chi connectivity index (χ2n) is 5.71. The van der Waals surface area contributed by atoms with Crippen LogP contribution in [0.15, 0.2) is 77.9 Å². The Bertz CT molecular complexity index is 839. The zero-order valence-electron chi connectivity index (χ0n) is 13.4. The van der Waals surface area contributed by atoms with Gasteiger partial charge in [0.1, 0.15) is 5.60 Å². The normalized spacial score (nSPS) is 19.2. The number of non-ortho nitro benzene ring substituents is 1. The van der Waals surface area contributed by atoms with E-state index in [0.717, 1.165) is 11.1 Å². The molecule has 0 bridgehead atoms. The number of aliphatic hydroxyl groups is 1. The van der Waals surface area contributed by atoms with Crippen LogP contribution in [0.5, 0.6) is 0 Å². The summed E-state index contributed by atoms with van der Waals surface area (Å²) in [6, 6.07) is 13.5. The highest BCUT2D eigenvalue weighted by atomic mass is 16.6. The number of hydrogen-bond acceptors (Lipinski definition) is 5. The molecule has 0 saturated carbocycles. The fourth-order valence-corrected chi connectivity index (χ4v) is 2.52. The molecule has 2 aromatic rings. The molecule has 0 aliphatic heterocycles. The van der Waals surface area contributed by atoms with Crippen molar-refractivity contribution in [3.63, 3.8) is 0 Å². The summed E-state index contributed by atoms with van der Waals surface area (Å²) in [6.07, 6.45) is 9.67. The van der Waals surface area contributed by atoms with Crippen molar-refractivity contribution in [2.45, 2.75) is 12.0 Å². The summed E-state index contributed by atoms with van der Waals surface area (Å²) in [7, 11) is 0. The van der Waals surface area contributed by atoms with E-state index in [1.54, 1.807) is 24.4 Å². The quantitative estimate of drug-likeness (QED) is 0.495. The maximum atomic E-state index is 10.6. The SMILES string of the molecule is O=[N+]([O-])c1ccc(NN=Cc2ccc(C3(O)C=CC=CC3)cc2)cc1. The number of hydrogen-bond donors (Lipinski definition) is 2. The summed E-state index contributed by atoms with van der Waals surface area (Å²) in [5.74, 6) is 0. The van der Waals surface area contributed by atoms with Crippen LogP contribution in [-0.4, -0.2) is 16.2 Å². The highest BCUT2D eigenvalue weighted by Crippen LogP contribution is 2.29. The monoisotopic (exact) mass is 335 g/mol. The van der Waals surface area contributed by atoms with E-state index in [1.165, 1.54) is 12.1 Å². The third kappa shape index (κ3) is 3.99. The molecule has 0 aromatic heterocycles. The fourth-order valence-electron chi connectivity index (χ4n) is 2.52. The summed E-state index contributed by atoms with van der Waals surface area (Å²) in [5, 5.41) is 25.3. The number of benzene rings is 2. The van der Waals surface area contributed by atoms with Crippen LogP contribution in [0.4, 0.5) is 11.4 Å². The van der Waals surface area contributed by atoms with Gasteiger partial charge in [-0.05, 0) is 29.3 Å². The second kappa shape index (κ2) is 7.11. The van der Waals surface area contributed by atoms with Crippen molar-refractivity contribution in [3.05, 3.63) is 94.1 Å². The molecule has 0 heterocycles. The molecule has 126 valence electrons. The Hall–Kier alpha value is -3.25. The van der Waals surface area contributed by atoms with E-state index in [1.807, 2.05) is 42.5 Å². The van der Waals surface area contributed by atoms with E-state index in [2.05, 4.69) is 10.5 Å². The van der Waals surface area contributed by atoms with Crippen molar-refractivity contribution in [3.8, 4) is 0 Å². The lowest BCUT2D eigenvalue weighted by Gasteiger charge is -2.25. The van der Waals surface area contributed by atoms with Gasteiger partial charge in [0.05, 0.1) is 16.8 Å². The van der Waals surface area contributed by atoms with Gasteiger partial charge in [0.15, 0.2) is 0 Å². The number of anilines is 1. The molecule has 0 amide bonds. The molecule has 1 aliphatic rings. The van der Waals surface area contributed by atoms with Gasteiger partial charge in [-0.2, -0.15) is 5.10 Å². The maximum Gasteiger partial charge on any atom is 0.269 e. The Morgan fingerprint density at radius 1 is 1.12 bits per heavy atom. The molecule has 0 fully saturated rings. The molecule has 1 unspecified atom stereocenters. The summed E-state index contributed by atoms with van der Waals surface area (Å²) in [6.45, 7) is 0. The number of nitro groups is 1. The molecule has 0 radical (unpaired) electrons. The maximum absolute atomic E-state index is 10.6. The topological polar surface area (TPSA) is 87.8 Å². The van der Waals surface area contributed by atoms with E-state index in [9.17, 15) is 15.2 Å². The lowest BCUT2D eigenvalue weighted by Crippen LogP contribution is -2.23. The van der Waals surface area contributed by atoms with Gasteiger partial charge in [0.2, 0.25) is 0 Å². The van der Waals surface area contributed by atoms with E-state index in [-0.39, 0.29) is 5.69 Å². The van der Waals surface area contributed by atoms with E-state index < -0.39 is 10.5 Å². The molecule has 0 spiro atoms. The van der Waals surface area contributed by atoms with Gasteiger partial charge in [-0.3, -0.25) is 15.5 Å². The Labute approximate surface area is 145 Å². The molecule has 3 rings (SSSR count). The van der Waals surface area contributed by atoms with Crippen LogP contribution >= 0.6 is 0 Å². The smallest absolute Gasteiger partial charge is 0.269 e. The van der Waals surface area contributed by atoms with Gasteiger partial charge < -0.3 is 5.11 Å². The van der Waals surface area contributed by atoms with Crippen molar-refractivity contribution in [2.75, 3.05) is 5.43 Å². The van der Waals surface area contributed by atoms with Gasteiger partial charge in [-0.15, -0.1) is 0 Å². The van der Waals surface area contributed by atoms with Crippen LogP contribution in [0, 0.1) is 10.1 Å². The first-order valence-corrected chi connectivity index (χ1v) is 7.78. The summed E-state index contributed by atoms with van der Waals surface area (Å²) in [5.41, 5.74) is 4.26. The number of nitrogens with one attached hydrogen (secondary N) is 1. The Balaban J connectivity index is 1.63. The number of nitrogens with zero attached hydrogens (tertiary/aromatic N) is 2. The zero-order valence-corrected chi connectivity index (χ0v) is 13.4. The van der Waals surface area contributed by atoms with Crippen LogP contribution in [0.2, 0.25) is 0 Å². The Kier molecular flexibility index (Phi) is 4.72. The first-order chi connectivity index (χ1) is 12.1. The standard InChI is InChI=1S/C19H17N3O3/c23-19(12-2-1-3-13-19)16-6-4-15(5-7-16)14-20-21-17-8-10-18(11-9-17)22(24)25/h1-12,14,21,23H,13H2. The lowest BCUT2D eigenvalue weighted by molar-refractivity contribution is -0.384. The number of rotatable bonds is 5. The molecule has 1 aliphatic carbocycles. The zero-order chi connectivity index (χ0) is 17.7. The first-order valence-electron chi connectivity index (χ1n) is 7.78. The van der Waals surface area contributed by atoms with Crippen LogP contribution < -0.4 is 5.43 Å². The number of hydrazone groups is 1. The van der Waals surface area contributed by atoms with Crippen molar-refractivity contribution >= 4 is 17.6 Å². The molecule has 1 atom stereocenters. The van der Waals surface area contributed by atoms with Crippen LogP contribution in [0.3, 0.4) is 0 Å². The average molecular weight is 335 g/mol. The van der Waals surface area contributed by atoms with Gasteiger partial charge in [0.25, 0.3) is 5.69 Å². The predicted molar refractivity (Wildman–Crippen MR) is 97.5 cm³/mol. The molecular formula is C19H17N3O3. The summed E-state index contributed by atoms with van der Waals surface area (Å²) in [4.78, 5) is 10.2.